The van der Waals surface area contributed by atoms with Crippen LogP contribution in [0.3, 0.4) is 0 Å². The number of carboxylic acids is 1. The zero-order valence-corrected chi connectivity index (χ0v) is 8.30. The molecule has 72 valence electrons. The van der Waals surface area contributed by atoms with Gasteiger partial charge in [-0.2, -0.15) is 5.10 Å². The van der Waals surface area contributed by atoms with Crippen molar-refractivity contribution in [2.75, 3.05) is 0 Å². The fraction of sp³-hybridized carbons (Fsp3) is 0. The van der Waals surface area contributed by atoms with E-state index in [0.717, 1.165) is 6.07 Å². The highest BCUT2D eigenvalue weighted by Gasteiger charge is 2.14. The van der Waals surface area contributed by atoms with Crippen molar-refractivity contribution < 1.29 is 14.3 Å². The maximum Gasteiger partial charge on any atom is 0.338 e. The first-order valence-electron chi connectivity index (χ1n) is 3.66. The lowest BCUT2D eigenvalue weighted by Crippen LogP contribution is -1.99. The molecule has 1 aromatic heterocycles. The van der Waals surface area contributed by atoms with Gasteiger partial charge in [0.15, 0.2) is 0 Å². The molecule has 6 heteroatoms. The molecule has 0 aliphatic rings. The number of H-pyrrole nitrogens is 1. The van der Waals surface area contributed by atoms with Crippen molar-refractivity contribution in [3.63, 3.8) is 0 Å². The second kappa shape index (κ2) is 3.06. The van der Waals surface area contributed by atoms with Gasteiger partial charge in [0.1, 0.15) is 10.4 Å². The van der Waals surface area contributed by atoms with Crippen LogP contribution in [0, 0.1) is 5.82 Å². The Morgan fingerprint density at radius 2 is 2.29 bits per heavy atom. The fourth-order valence-electron chi connectivity index (χ4n) is 1.16. The van der Waals surface area contributed by atoms with Crippen molar-refractivity contribution in [1.29, 1.82) is 0 Å². The van der Waals surface area contributed by atoms with Crippen LogP contribution in [0.1, 0.15) is 10.4 Å². The van der Waals surface area contributed by atoms with Crippen LogP contribution in [0.2, 0.25) is 0 Å². The molecular formula is C8H4BrFN2O2. The molecule has 0 saturated carbocycles. The molecule has 4 nitrogen and oxygen atoms in total. The van der Waals surface area contributed by atoms with Gasteiger partial charge >= 0.3 is 5.97 Å². The van der Waals surface area contributed by atoms with Gasteiger partial charge in [-0.05, 0) is 22.0 Å². The van der Waals surface area contributed by atoms with Crippen molar-refractivity contribution in [1.82, 2.24) is 10.2 Å². The summed E-state index contributed by atoms with van der Waals surface area (Å²) in [4.78, 5) is 10.6. The van der Waals surface area contributed by atoms with Crippen LogP contribution in [0.15, 0.2) is 16.7 Å². The first kappa shape index (κ1) is 9.14. The zero-order chi connectivity index (χ0) is 10.3. The van der Waals surface area contributed by atoms with E-state index in [9.17, 15) is 9.18 Å². The Hall–Kier alpha value is -1.43. The minimum atomic E-state index is -1.29. The van der Waals surface area contributed by atoms with Crippen LogP contribution < -0.4 is 0 Å². The summed E-state index contributed by atoms with van der Waals surface area (Å²) in [6.45, 7) is 0. The molecule has 0 saturated heterocycles. The normalized spacial score (nSPS) is 10.7. The van der Waals surface area contributed by atoms with E-state index in [0.29, 0.717) is 15.5 Å². The van der Waals surface area contributed by atoms with Crippen molar-refractivity contribution in [2.24, 2.45) is 0 Å². The van der Waals surface area contributed by atoms with Crippen molar-refractivity contribution in [3.05, 3.63) is 28.1 Å². The average molecular weight is 259 g/mol. The second-order valence-corrected chi connectivity index (χ2v) is 3.48. The van der Waals surface area contributed by atoms with Crippen LogP contribution in [-0.4, -0.2) is 21.3 Å². The molecule has 1 aromatic carbocycles. The third-order valence-corrected chi connectivity index (χ3v) is 2.43. The monoisotopic (exact) mass is 258 g/mol. The zero-order valence-electron chi connectivity index (χ0n) is 6.71. The van der Waals surface area contributed by atoms with E-state index in [1.807, 2.05) is 0 Å². The van der Waals surface area contributed by atoms with Gasteiger partial charge in [0.2, 0.25) is 0 Å². The molecule has 0 spiro atoms. The summed E-state index contributed by atoms with van der Waals surface area (Å²) in [5, 5.41) is 15.6. The number of rotatable bonds is 1. The minimum absolute atomic E-state index is 0.361. The number of carboxylic acid groups (broad SMARTS) is 1. The SMILES string of the molecule is O=C(O)c1cc2c(Br)[nH]nc2cc1F. The lowest BCUT2D eigenvalue weighted by Gasteiger charge is -1.96. The Morgan fingerprint density at radius 1 is 1.57 bits per heavy atom. The lowest BCUT2D eigenvalue weighted by molar-refractivity contribution is 0.0692. The molecule has 0 aliphatic carbocycles. The molecule has 1 heterocycles. The number of aromatic carboxylic acids is 1. The molecule has 0 unspecified atom stereocenters. The van der Waals surface area contributed by atoms with E-state index in [2.05, 4.69) is 26.1 Å². The van der Waals surface area contributed by atoms with Crippen LogP contribution in [-0.2, 0) is 0 Å². The summed E-state index contributed by atoms with van der Waals surface area (Å²) in [5.41, 5.74) is 0.0268. The smallest absolute Gasteiger partial charge is 0.338 e. The largest absolute Gasteiger partial charge is 0.478 e. The molecule has 0 amide bonds. The lowest BCUT2D eigenvalue weighted by atomic mass is 10.1. The number of hydrogen-bond donors (Lipinski definition) is 2. The van der Waals surface area contributed by atoms with Crippen LogP contribution >= 0.6 is 15.9 Å². The number of fused-ring (bicyclic) bond motifs is 1. The average Bonchev–Trinajstić information content (AvgIpc) is 2.46. The quantitative estimate of drug-likeness (QED) is 0.824. The van der Waals surface area contributed by atoms with E-state index >= 15 is 0 Å². The summed E-state index contributed by atoms with van der Waals surface area (Å²) in [6.07, 6.45) is 0. The Balaban J connectivity index is 2.80. The molecule has 0 radical (unpaired) electrons. The van der Waals surface area contributed by atoms with Crippen LogP contribution in [0.5, 0.6) is 0 Å². The Morgan fingerprint density at radius 3 is 2.93 bits per heavy atom. The molecule has 2 aromatic rings. The second-order valence-electron chi connectivity index (χ2n) is 2.69. The Labute approximate surface area is 85.9 Å². The minimum Gasteiger partial charge on any atom is -0.478 e. The molecule has 0 atom stereocenters. The summed E-state index contributed by atoms with van der Waals surface area (Å²) in [5.74, 6) is -2.08. The number of aromatic amines is 1. The fourth-order valence-corrected chi connectivity index (χ4v) is 1.57. The third-order valence-electron chi connectivity index (χ3n) is 1.83. The van der Waals surface area contributed by atoms with Crippen LogP contribution in [0.4, 0.5) is 4.39 Å². The number of aromatic nitrogens is 2. The van der Waals surface area contributed by atoms with Crippen molar-refractivity contribution in [3.8, 4) is 0 Å². The third kappa shape index (κ3) is 1.27. The first-order valence-corrected chi connectivity index (χ1v) is 4.45. The molecule has 0 aliphatic heterocycles. The first-order chi connectivity index (χ1) is 6.59. The molecule has 0 fully saturated rings. The van der Waals surface area contributed by atoms with Gasteiger partial charge in [0.05, 0.1) is 11.1 Å². The standard InChI is InChI=1S/C8H4BrFN2O2/c9-7-4-1-3(8(13)14)5(10)2-6(4)11-12-7/h1-2H,(H,11,12)(H,13,14). The van der Waals surface area contributed by atoms with E-state index in [-0.39, 0.29) is 5.56 Å². The van der Waals surface area contributed by atoms with Gasteiger partial charge in [0.25, 0.3) is 0 Å². The number of hydrogen-bond acceptors (Lipinski definition) is 2. The number of nitrogens with one attached hydrogen (secondary N) is 1. The predicted molar refractivity (Wildman–Crippen MR) is 50.7 cm³/mol. The van der Waals surface area contributed by atoms with Crippen molar-refractivity contribution >= 4 is 32.8 Å². The van der Waals surface area contributed by atoms with Gasteiger partial charge in [-0.3, -0.25) is 5.10 Å². The van der Waals surface area contributed by atoms with E-state index in [4.69, 9.17) is 5.11 Å². The van der Waals surface area contributed by atoms with Gasteiger partial charge in [0, 0.05) is 11.5 Å². The van der Waals surface area contributed by atoms with Gasteiger partial charge in [-0.15, -0.1) is 0 Å². The summed E-state index contributed by atoms with van der Waals surface area (Å²) >= 11 is 3.14. The molecular weight excluding hydrogens is 255 g/mol. The number of carbonyl (C=O) groups is 1. The predicted octanol–water partition coefficient (Wildman–Crippen LogP) is 2.16. The number of benzene rings is 1. The molecule has 2 rings (SSSR count). The Kier molecular flexibility index (Phi) is 1.99. The highest BCUT2D eigenvalue weighted by molar-refractivity contribution is 9.10. The maximum absolute atomic E-state index is 13.1. The summed E-state index contributed by atoms with van der Waals surface area (Å²) < 4.78 is 13.7. The van der Waals surface area contributed by atoms with E-state index in [1.54, 1.807) is 0 Å². The van der Waals surface area contributed by atoms with E-state index < -0.39 is 11.8 Å². The van der Waals surface area contributed by atoms with E-state index in [1.165, 1.54) is 6.07 Å². The topological polar surface area (TPSA) is 66.0 Å². The van der Waals surface area contributed by atoms with Gasteiger partial charge in [-0.1, -0.05) is 0 Å². The summed E-state index contributed by atoms with van der Waals surface area (Å²) in [6, 6.07) is 2.32. The highest BCUT2D eigenvalue weighted by atomic mass is 79.9. The van der Waals surface area contributed by atoms with Crippen LogP contribution in [0.25, 0.3) is 10.9 Å². The van der Waals surface area contributed by atoms with Crippen molar-refractivity contribution in [2.45, 2.75) is 0 Å². The highest BCUT2D eigenvalue weighted by Crippen LogP contribution is 2.23. The van der Waals surface area contributed by atoms with Gasteiger partial charge in [-0.25, -0.2) is 9.18 Å². The molecule has 0 bridgehead atoms. The van der Waals surface area contributed by atoms with Gasteiger partial charge < -0.3 is 5.11 Å². The molecule has 14 heavy (non-hydrogen) atoms. The number of nitrogens with zero attached hydrogens (tertiary/aromatic N) is 1. The molecule has 2 N–H and O–H groups in total. The maximum atomic E-state index is 13.1. The summed E-state index contributed by atoms with van der Waals surface area (Å²) in [7, 11) is 0. The number of halogens is 2. The Bertz CT molecular complexity index is 523.